The van der Waals surface area contributed by atoms with Gasteiger partial charge in [-0.2, -0.15) is 0 Å². The van der Waals surface area contributed by atoms with Crippen LogP contribution < -0.4 is 14.8 Å². The van der Waals surface area contributed by atoms with Crippen LogP contribution >= 0.6 is 0 Å². The Labute approximate surface area is 146 Å². The second-order valence-electron chi connectivity index (χ2n) is 5.34. The van der Waals surface area contributed by atoms with Gasteiger partial charge in [-0.1, -0.05) is 18.2 Å². The van der Waals surface area contributed by atoms with E-state index in [1.165, 1.54) is 7.11 Å². The lowest BCUT2D eigenvalue weighted by Crippen LogP contribution is -2.31. The van der Waals surface area contributed by atoms with Gasteiger partial charge in [0.1, 0.15) is 11.5 Å². The van der Waals surface area contributed by atoms with Crippen LogP contribution in [0.2, 0.25) is 0 Å². The highest BCUT2D eigenvalue weighted by Crippen LogP contribution is 2.24. The summed E-state index contributed by atoms with van der Waals surface area (Å²) in [6, 6.07) is 13.7. The predicted molar refractivity (Wildman–Crippen MR) is 92.8 cm³/mol. The average molecular weight is 343 g/mol. The third-order valence-corrected chi connectivity index (χ3v) is 3.63. The summed E-state index contributed by atoms with van der Waals surface area (Å²) in [4.78, 5) is 23.4. The number of rotatable bonds is 7. The molecule has 0 aliphatic heterocycles. The van der Waals surface area contributed by atoms with Crippen LogP contribution in [0.25, 0.3) is 0 Å². The van der Waals surface area contributed by atoms with Gasteiger partial charge < -0.3 is 19.5 Å². The molecule has 2 rings (SSSR count). The Morgan fingerprint density at radius 1 is 1.04 bits per heavy atom. The lowest BCUT2D eigenvalue weighted by molar-refractivity contribution is -0.123. The van der Waals surface area contributed by atoms with Crippen molar-refractivity contribution in [1.82, 2.24) is 5.32 Å². The average Bonchev–Trinajstić information content (AvgIpc) is 2.66. The zero-order valence-corrected chi connectivity index (χ0v) is 14.4. The minimum atomic E-state index is -0.421. The highest BCUT2D eigenvalue weighted by Gasteiger charge is 2.14. The molecule has 132 valence electrons. The fourth-order valence-electron chi connectivity index (χ4n) is 2.34. The van der Waals surface area contributed by atoms with Crippen molar-refractivity contribution >= 4 is 11.9 Å². The first-order valence-corrected chi connectivity index (χ1v) is 7.78. The SMILES string of the molecule is COC(=O)c1ccc(OCC(=O)NC(C)c2ccccc2OC)cc1. The molecular formula is C19H21NO5. The van der Waals surface area contributed by atoms with Crippen molar-refractivity contribution < 1.29 is 23.8 Å². The fourth-order valence-corrected chi connectivity index (χ4v) is 2.34. The number of hydrogen-bond donors (Lipinski definition) is 1. The highest BCUT2D eigenvalue weighted by molar-refractivity contribution is 5.89. The minimum Gasteiger partial charge on any atom is -0.496 e. The summed E-state index contributed by atoms with van der Waals surface area (Å²) in [5, 5.41) is 2.86. The Bertz CT molecular complexity index is 727. The van der Waals surface area contributed by atoms with Crippen LogP contribution in [0.15, 0.2) is 48.5 Å². The number of methoxy groups -OCH3 is 2. The Hall–Kier alpha value is -3.02. The molecule has 6 nitrogen and oxygen atoms in total. The summed E-state index contributed by atoms with van der Waals surface area (Å²) in [6.45, 7) is 1.75. The van der Waals surface area contributed by atoms with Crippen molar-refractivity contribution in [1.29, 1.82) is 0 Å². The van der Waals surface area contributed by atoms with E-state index in [9.17, 15) is 9.59 Å². The molecule has 0 aliphatic rings. The molecule has 0 spiro atoms. The molecule has 25 heavy (non-hydrogen) atoms. The van der Waals surface area contributed by atoms with Gasteiger partial charge in [0.2, 0.25) is 0 Å². The van der Waals surface area contributed by atoms with Gasteiger partial charge in [0, 0.05) is 5.56 Å². The van der Waals surface area contributed by atoms with Crippen molar-refractivity contribution in [2.75, 3.05) is 20.8 Å². The van der Waals surface area contributed by atoms with E-state index in [1.807, 2.05) is 31.2 Å². The van der Waals surface area contributed by atoms with Crippen LogP contribution in [0, 0.1) is 0 Å². The molecule has 2 aromatic rings. The van der Waals surface area contributed by atoms with E-state index in [1.54, 1.807) is 31.4 Å². The van der Waals surface area contributed by atoms with Crippen molar-refractivity contribution in [2.24, 2.45) is 0 Å². The molecule has 1 amide bonds. The molecule has 2 aromatic carbocycles. The van der Waals surface area contributed by atoms with Crippen LogP contribution in [-0.4, -0.2) is 32.7 Å². The molecular weight excluding hydrogens is 322 g/mol. The topological polar surface area (TPSA) is 73.9 Å². The third kappa shape index (κ3) is 4.97. The molecule has 0 fully saturated rings. The van der Waals surface area contributed by atoms with Crippen LogP contribution in [0.5, 0.6) is 11.5 Å². The lowest BCUT2D eigenvalue weighted by atomic mass is 10.1. The van der Waals surface area contributed by atoms with Gasteiger partial charge in [-0.3, -0.25) is 4.79 Å². The minimum absolute atomic E-state index is 0.128. The third-order valence-electron chi connectivity index (χ3n) is 3.63. The van der Waals surface area contributed by atoms with E-state index in [0.717, 1.165) is 11.3 Å². The van der Waals surface area contributed by atoms with Crippen molar-refractivity contribution in [3.63, 3.8) is 0 Å². The number of amides is 1. The van der Waals surface area contributed by atoms with Gasteiger partial charge in [-0.05, 0) is 37.3 Å². The van der Waals surface area contributed by atoms with Crippen LogP contribution in [0.1, 0.15) is 28.9 Å². The summed E-state index contributed by atoms with van der Waals surface area (Å²) in [5.41, 5.74) is 1.31. The largest absolute Gasteiger partial charge is 0.496 e. The van der Waals surface area contributed by atoms with Gasteiger partial charge in [-0.15, -0.1) is 0 Å². The van der Waals surface area contributed by atoms with E-state index in [4.69, 9.17) is 9.47 Å². The molecule has 1 atom stereocenters. The molecule has 1 N–H and O–H groups in total. The van der Waals surface area contributed by atoms with Crippen molar-refractivity contribution in [2.45, 2.75) is 13.0 Å². The summed E-state index contributed by atoms with van der Waals surface area (Å²) < 4.78 is 15.4. The number of benzene rings is 2. The molecule has 0 saturated heterocycles. The summed E-state index contributed by atoms with van der Waals surface area (Å²) in [5.74, 6) is 0.535. The maximum absolute atomic E-state index is 12.1. The molecule has 6 heteroatoms. The second-order valence-corrected chi connectivity index (χ2v) is 5.34. The van der Waals surface area contributed by atoms with Crippen LogP contribution in [0.3, 0.4) is 0 Å². The smallest absolute Gasteiger partial charge is 0.337 e. The number of carbonyl (C=O) groups excluding carboxylic acids is 2. The van der Waals surface area contributed by atoms with Gasteiger partial charge >= 0.3 is 5.97 Å². The molecule has 1 unspecified atom stereocenters. The quantitative estimate of drug-likeness (QED) is 0.783. The number of para-hydroxylation sites is 1. The van der Waals surface area contributed by atoms with Crippen LogP contribution in [0.4, 0.5) is 0 Å². The van der Waals surface area contributed by atoms with Gasteiger partial charge in [0.15, 0.2) is 6.61 Å². The molecule has 0 saturated carbocycles. The Kier molecular flexibility index (Phi) is 6.39. The van der Waals surface area contributed by atoms with E-state index >= 15 is 0 Å². The molecule has 0 aliphatic carbocycles. The monoisotopic (exact) mass is 343 g/mol. The molecule has 0 aromatic heterocycles. The van der Waals surface area contributed by atoms with Gasteiger partial charge in [-0.25, -0.2) is 4.79 Å². The number of carbonyl (C=O) groups is 2. The number of hydrogen-bond acceptors (Lipinski definition) is 5. The second kappa shape index (κ2) is 8.73. The number of nitrogens with one attached hydrogen (secondary N) is 1. The molecule has 0 radical (unpaired) electrons. The fraction of sp³-hybridized carbons (Fsp3) is 0.263. The molecule has 0 bridgehead atoms. The zero-order valence-electron chi connectivity index (χ0n) is 14.4. The van der Waals surface area contributed by atoms with E-state index < -0.39 is 5.97 Å². The standard InChI is InChI=1S/C19H21NO5/c1-13(16-6-4-5-7-17(16)23-2)20-18(21)12-25-15-10-8-14(9-11-15)19(22)24-3/h4-11,13H,12H2,1-3H3,(H,20,21). The van der Waals surface area contributed by atoms with Gasteiger partial charge in [0.25, 0.3) is 5.91 Å². The Morgan fingerprint density at radius 3 is 2.36 bits per heavy atom. The lowest BCUT2D eigenvalue weighted by Gasteiger charge is -2.17. The Morgan fingerprint density at radius 2 is 1.72 bits per heavy atom. The maximum atomic E-state index is 12.1. The van der Waals surface area contributed by atoms with Crippen molar-refractivity contribution in [3.05, 3.63) is 59.7 Å². The maximum Gasteiger partial charge on any atom is 0.337 e. The summed E-state index contributed by atoms with van der Waals surface area (Å²) >= 11 is 0. The summed E-state index contributed by atoms with van der Waals surface area (Å²) in [7, 11) is 2.91. The van der Waals surface area contributed by atoms with Crippen molar-refractivity contribution in [3.8, 4) is 11.5 Å². The summed E-state index contributed by atoms with van der Waals surface area (Å²) in [6.07, 6.45) is 0. The first kappa shape index (κ1) is 18.3. The molecule has 0 heterocycles. The highest BCUT2D eigenvalue weighted by atomic mass is 16.5. The van der Waals surface area contributed by atoms with Gasteiger partial charge in [0.05, 0.1) is 25.8 Å². The van der Waals surface area contributed by atoms with E-state index in [2.05, 4.69) is 10.1 Å². The first-order chi connectivity index (χ1) is 12.0. The van der Waals surface area contributed by atoms with E-state index in [-0.39, 0.29) is 18.6 Å². The first-order valence-electron chi connectivity index (χ1n) is 7.78. The predicted octanol–water partition coefficient (Wildman–Crippen LogP) is 2.74. The number of ether oxygens (including phenoxy) is 3. The zero-order chi connectivity index (χ0) is 18.2. The normalized spacial score (nSPS) is 11.3. The Balaban J connectivity index is 1.89. The van der Waals surface area contributed by atoms with Crippen LogP contribution in [-0.2, 0) is 9.53 Å². The van der Waals surface area contributed by atoms with E-state index in [0.29, 0.717) is 11.3 Å². The number of esters is 1.